The largest absolute Gasteiger partial charge is 0.494 e. The second kappa shape index (κ2) is 9.58. The summed E-state index contributed by atoms with van der Waals surface area (Å²) in [6.45, 7) is 10.7. The highest BCUT2D eigenvalue weighted by Crippen LogP contribution is 2.43. The monoisotopic (exact) mass is 534 g/mol. The van der Waals surface area contributed by atoms with Crippen molar-refractivity contribution in [3.8, 4) is 11.1 Å². The van der Waals surface area contributed by atoms with E-state index < -0.39 is 7.12 Å². The van der Waals surface area contributed by atoms with Crippen molar-refractivity contribution >= 4 is 44.9 Å². The van der Waals surface area contributed by atoms with Gasteiger partial charge in [0.15, 0.2) is 0 Å². The van der Waals surface area contributed by atoms with E-state index >= 15 is 0 Å². The van der Waals surface area contributed by atoms with E-state index in [2.05, 4.69) is 144 Å². The molecule has 0 aliphatic carbocycles. The first-order valence-electron chi connectivity index (χ1n) is 14.6. The van der Waals surface area contributed by atoms with E-state index in [-0.39, 0.29) is 11.2 Å². The zero-order chi connectivity index (χ0) is 28.4. The minimum Gasteiger partial charge on any atom is -0.399 e. The van der Waals surface area contributed by atoms with Crippen LogP contribution in [-0.2, 0) is 15.7 Å². The summed E-state index contributed by atoms with van der Waals surface area (Å²) >= 11 is 0. The fraction of sp³-hybridized carbons (Fsp3) is 0.211. The van der Waals surface area contributed by atoms with Gasteiger partial charge < -0.3 is 9.31 Å². The van der Waals surface area contributed by atoms with Crippen LogP contribution in [0.3, 0.4) is 0 Å². The first-order valence-corrected chi connectivity index (χ1v) is 14.6. The Morgan fingerprint density at radius 2 is 1.17 bits per heavy atom. The molecule has 41 heavy (non-hydrogen) atoms. The normalized spacial score (nSPS) is 16.2. The summed E-state index contributed by atoms with van der Waals surface area (Å²) in [6.07, 6.45) is 0.893. The third-order valence-electron chi connectivity index (χ3n) is 9.28. The van der Waals surface area contributed by atoms with E-state index in [1.54, 1.807) is 0 Å². The molecule has 0 amide bonds. The standard InChI is InChI=1S/C38H35BO2/c1-25-19-21-32-30-17-11-12-18-31(30)34-24-28(39-40-37(2,3)38(4,5)41-39)20-22-33(34)36(32)35(25)29-16-10-9-15-27(29)23-26-13-7-6-8-14-26/h6-22,24H,23H2,1-5H3. The highest BCUT2D eigenvalue weighted by atomic mass is 16.7. The lowest BCUT2D eigenvalue weighted by Gasteiger charge is -2.32. The van der Waals surface area contributed by atoms with Crippen LogP contribution in [0.15, 0.2) is 109 Å². The number of hydrogen-bond acceptors (Lipinski definition) is 2. The summed E-state index contributed by atoms with van der Waals surface area (Å²) in [5.74, 6) is 0. The molecular formula is C38H35BO2. The number of hydrogen-bond donors (Lipinski definition) is 0. The van der Waals surface area contributed by atoms with Crippen molar-refractivity contribution in [3.63, 3.8) is 0 Å². The Kier molecular flexibility index (Phi) is 6.08. The zero-order valence-electron chi connectivity index (χ0n) is 24.5. The predicted molar refractivity (Wildman–Crippen MR) is 174 cm³/mol. The maximum absolute atomic E-state index is 6.46. The highest BCUT2D eigenvalue weighted by Gasteiger charge is 2.51. The topological polar surface area (TPSA) is 18.5 Å². The average molecular weight is 535 g/mol. The summed E-state index contributed by atoms with van der Waals surface area (Å²) in [4.78, 5) is 0. The molecule has 7 rings (SSSR count). The second-order valence-corrected chi connectivity index (χ2v) is 12.4. The predicted octanol–water partition coefficient (Wildman–Crippen LogP) is 9.01. The second-order valence-electron chi connectivity index (χ2n) is 12.4. The Bertz CT molecular complexity index is 1920. The summed E-state index contributed by atoms with van der Waals surface area (Å²) in [5, 5.41) is 7.59. The van der Waals surface area contributed by atoms with Gasteiger partial charge in [0.05, 0.1) is 11.2 Å². The van der Waals surface area contributed by atoms with Crippen molar-refractivity contribution in [1.82, 2.24) is 0 Å². The SMILES string of the molecule is Cc1ccc2c3ccccc3c3cc(B4OC(C)(C)C(C)(C)O4)ccc3c2c1-c1ccccc1Cc1ccccc1. The lowest BCUT2D eigenvalue weighted by Crippen LogP contribution is -2.41. The van der Waals surface area contributed by atoms with Gasteiger partial charge in [-0.05, 0) is 107 Å². The molecule has 0 atom stereocenters. The first kappa shape index (κ1) is 26.0. The lowest BCUT2D eigenvalue weighted by molar-refractivity contribution is 0.00578. The van der Waals surface area contributed by atoms with Gasteiger partial charge in [0.25, 0.3) is 0 Å². The molecule has 0 N–H and O–H groups in total. The van der Waals surface area contributed by atoms with Crippen LogP contribution < -0.4 is 5.46 Å². The van der Waals surface area contributed by atoms with Gasteiger partial charge in [-0.25, -0.2) is 0 Å². The molecule has 2 nitrogen and oxygen atoms in total. The van der Waals surface area contributed by atoms with Crippen LogP contribution in [0.2, 0.25) is 0 Å². The molecule has 0 bridgehead atoms. The molecule has 6 aromatic carbocycles. The summed E-state index contributed by atoms with van der Waals surface area (Å²) in [7, 11) is -0.401. The fourth-order valence-corrected chi connectivity index (χ4v) is 6.37. The number of fused-ring (bicyclic) bond motifs is 6. The van der Waals surface area contributed by atoms with Crippen LogP contribution in [0.4, 0.5) is 0 Å². The van der Waals surface area contributed by atoms with E-state index in [0.29, 0.717) is 0 Å². The maximum Gasteiger partial charge on any atom is 0.494 e. The first-order chi connectivity index (χ1) is 19.7. The van der Waals surface area contributed by atoms with E-state index in [0.717, 1.165) is 11.9 Å². The van der Waals surface area contributed by atoms with Gasteiger partial charge in [0, 0.05) is 0 Å². The van der Waals surface area contributed by atoms with Crippen molar-refractivity contribution in [2.24, 2.45) is 0 Å². The Balaban J connectivity index is 1.50. The van der Waals surface area contributed by atoms with Gasteiger partial charge in [-0.3, -0.25) is 0 Å². The Morgan fingerprint density at radius 1 is 0.585 bits per heavy atom. The fourth-order valence-electron chi connectivity index (χ4n) is 6.37. The number of benzene rings is 6. The highest BCUT2D eigenvalue weighted by molar-refractivity contribution is 6.62. The van der Waals surface area contributed by atoms with Crippen LogP contribution >= 0.6 is 0 Å². The van der Waals surface area contributed by atoms with Gasteiger partial charge >= 0.3 is 7.12 Å². The number of rotatable bonds is 4. The minimum absolute atomic E-state index is 0.384. The molecule has 1 saturated heterocycles. The Morgan fingerprint density at radius 3 is 1.90 bits per heavy atom. The zero-order valence-corrected chi connectivity index (χ0v) is 24.5. The molecule has 6 aromatic rings. The van der Waals surface area contributed by atoms with Crippen LogP contribution in [0.25, 0.3) is 43.4 Å². The van der Waals surface area contributed by atoms with Crippen LogP contribution in [0.1, 0.15) is 44.4 Å². The smallest absolute Gasteiger partial charge is 0.399 e. The molecular weight excluding hydrogens is 499 g/mol. The van der Waals surface area contributed by atoms with Crippen molar-refractivity contribution in [2.45, 2.75) is 52.2 Å². The minimum atomic E-state index is -0.401. The van der Waals surface area contributed by atoms with Gasteiger partial charge in [-0.15, -0.1) is 0 Å². The Hall–Kier alpha value is -3.92. The molecule has 1 aliphatic rings. The maximum atomic E-state index is 6.46. The van der Waals surface area contributed by atoms with Gasteiger partial charge in [-0.2, -0.15) is 0 Å². The third kappa shape index (κ3) is 4.27. The molecule has 0 aromatic heterocycles. The number of aryl methyl sites for hydroxylation is 1. The van der Waals surface area contributed by atoms with Crippen molar-refractivity contribution in [1.29, 1.82) is 0 Å². The van der Waals surface area contributed by atoms with Crippen LogP contribution in [-0.4, -0.2) is 18.3 Å². The quantitative estimate of drug-likeness (QED) is 0.166. The van der Waals surface area contributed by atoms with Gasteiger partial charge in [0.2, 0.25) is 0 Å². The van der Waals surface area contributed by atoms with Gasteiger partial charge in [-0.1, -0.05) is 109 Å². The van der Waals surface area contributed by atoms with Crippen molar-refractivity contribution < 1.29 is 9.31 Å². The average Bonchev–Trinajstić information content (AvgIpc) is 3.20. The van der Waals surface area contributed by atoms with E-state index in [1.165, 1.54) is 60.1 Å². The van der Waals surface area contributed by atoms with Crippen molar-refractivity contribution in [3.05, 3.63) is 126 Å². The molecule has 202 valence electrons. The van der Waals surface area contributed by atoms with E-state index in [1.807, 2.05) is 0 Å². The van der Waals surface area contributed by atoms with Crippen molar-refractivity contribution in [2.75, 3.05) is 0 Å². The molecule has 0 spiro atoms. The summed E-state index contributed by atoms with van der Waals surface area (Å²) in [6, 6.07) is 39.8. The van der Waals surface area contributed by atoms with Gasteiger partial charge in [0.1, 0.15) is 0 Å². The van der Waals surface area contributed by atoms with Crippen LogP contribution in [0, 0.1) is 6.92 Å². The van der Waals surface area contributed by atoms with Crippen LogP contribution in [0.5, 0.6) is 0 Å². The molecule has 1 heterocycles. The molecule has 1 fully saturated rings. The Labute approximate surface area is 243 Å². The third-order valence-corrected chi connectivity index (χ3v) is 9.28. The molecule has 1 aliphatic heterocycles. The summed E-state index contributed by atoms with van der Waals surface area (Å²) < 4.78 is 12.9. The lowest BCUT2D eigenvalue weighted by atomic mass is 9.77. The summed E-state index contributed by atoms with van der Waals surface area (Å²) in [5.41, 5.74) is 6.84. The molecule has 0 radical (unpaired) electrons. The molecule has 0 saturated carbocycles. The van der Waals surface area contributed by atoms with E-state index in [9.17, 15) is 0 Å². The van der Waals surface area contributed by atoms with E-state index in [4.69, 9.17) is 9.31 Å². The molecule has 3 heteroatoms. The molecule has 0 unspecified atom stereocenters.